The Kier molecular flexibility index (Phi) is 11.1. The number of aromatic nitrogens is 2. The highest BCUT2D eigenvalue weighted by Crippen LogP contribution is 2.45. The van der Waals surface area contributed by atoms with E-state index in [1.165, 1.54) is 32.1 Å². The molecule has 1 saturated carbocycles. The summed E-state index contributed by atoms with van der Waals surface area (Å²) in [4.78, 5) is 37.6. The lowest BCUT2D eigenvalue weighted by Gasteiger charge is -2.34. The summed E-state index contributed by atoms with van der Waals surface area (Å²) < 4.78 is 55.7. The van der Waals surface area contributed by atoms with E-state index in [1.807, 2.05) is 29.3 Å². The first-order valence-electron chi connectivity index (χ1n) is 16.2. The number of carbonyl (C=O) groups excluding carboxylic acids is 1. The molecule has 5 rings (SSSR count). The SMILES string of the molecule is COc1ccc(C(=O)N(CC(C)(C)OCC(F)(F)F)c2ccccn2)c(N2C=CC(COc3cc(C(CC(=O)O)C4CC4)ccn3)CC2)c1. The van der Waals surface area contributed by atoms with Gasteiger partial charge in [0.15, 0.2) is 0 Å². The Morgan fingerprint density at radius 3 is 2.49 bits per heavy atom. The summed E-state index contributed by atoms with van der Waals surface area (Å²) in [6.07, 6.45) is 5.32. The number of rotatable bonds is 15. The monoisotopic (exact) mass is 682 g/mol. The Labute approximate surface area is 283 Å². The maximum atomic E-state index is 14.2. The lowest BCUT2D eigenvalue weighted by Crippen LogP contribution is -2.46. The van der Waals surface area contributed by atoms with Crippen LogP contribution in [0.3, 0.4) is 0 Å². The Balaban J connectivity index is 1.32. The molecule has 49 heavy (non-hydrogen) atoms. The van der Waals surface area contributed by atoms with E-state index in [1.54, 1.807) is 42.6 Å². The third-order valence-electron chi connectivity index (χ3n) is 8.58. The van der Waals surface area contributed by atoms with Gasteiger partial charge in [-0.15, -0.1) is 0 Å². The Morgan fingerprint density at radius 2 is 1.86 bits per heavy atom. The Hall–Kier alpha value is -4.65. The fourth-order valence-corrected chi connectivity index (χ4v) is 5.89. The van der Waals surface area contributed by atoms with E-state index in [2.05, 4.69) is 9.97 Å². The lowest BCUT2D eigenvalue weighted by atomic mass is 9.92. The van der Waals surface area contributed by atoms with Crippen molar-refractivity contribution in [1.29, 1.82) is 0 Å². The molecule has 2 atom stereocenters. The smallest absolute Gasteiger partial charge is 0.411 e. The van der Waals surface area contributed by atoms with Crippen LogP contribution in [0.25, 0.3) is 0 Å². The molecule has 1 N–H and O–H groups in total. The molecule has 2 aliphatic rings. The number of hydrogen-bond donors (Lipinski definition) is 1. The molecular formula is C36H41F3N4O6. The second-order valence-corrected chi connectivity index (χ2v) is 13.0. The van der Waals surface area contributed by atoms with Crippen LogP contribution in [0.15, 0.2) is 73.2 Å². The number of aliphatic carboxylic acids is 1. The zero-order chi connectivity index (χ0) is 35.2. The highest BCUT2D eigenvalue weighted by atomic mass is 19.4. The molecule has 0 radical (unpaired) electrons. The number of nitrogens with zero attached hydrogens (tertiary/aromatic N) is 4. The molecular weight excluding hydrogens is 641 g/mol. The van der Waals surface area contributed by atoms with Gasteiger partial charge >= 0.3 is 12.1 Å². The normalized spacial score (nSPS) is 17.0. The second kappa shape index (κ2) is 15.3. The number of anilines is 2. The molecule has 1 aliphatic heterocycles. The number of halogens is 3. The van der Waals surface area contributed by atoms with Crippen molar-refractivity contribution in [2.24, 2.45) is 11.8 Å². The first-order chi connectivity index (χ1) is 23.3. The third-order valence-corrected chi connectivity index (χ3v) is 8.58. The average molecular weight is 683 g/mol. The summed E-state index contributed by atoms with van der Waals surface area (Å²) in [5.74, 6) is 0.322. The predicted octanol–water partition coefficient (Wildman–Crippen LogP) is 6.88. The molecule has 1 amide bonds. The molecule has 2 aromatic heterocycles. The highest BCUT2D eigenvalue weighted by molar-refractivity contribution is 6.09. The largest absolute Gasteiger partial charge is 0.497 e. The van der Waals surface area contributed by atoms with Crippen molar-refractivity contribution in [3.63, 3.8) is 0 Å². The van der Waals surface area contributed by atoms with Gasteiger partial charge < -0.3 is 24.2 Å². The van der Waals surface area contributed by atoms with Gasteiger partial charge in [0.25, 0.3) is 5.91 Å². The van der Waals surface area contributed by atoms with Gasteiger partial charge in [0, 0.05) is 43.2 Å². The summed E-state index contributed by atoms with van der Waals surface area (Å²) in [5, 5.41) is 9.38. The standard InChI is InChI=1S/C36H41F3N4O6/c1-35(2,49-23-36(37,38)39)22-43(31-6-4-5-14-40-31)34(46)28-10-9-27(47-3)19-30(28)42-16-12-24(13-17-42)21-48-32-18-26(11-15-41-32)29(20-33(44)45)25-7-8-25/h4-6,9-12,14-16,18-19,24-25,29H,7-8,13,17,20-23H2,1-3H3,(H,44,45). The van der Waals surface area contributed by atoms with Gasteiger partial charge in [-0.25, -0.2) is 9.97 Å². The van der Waals surface area contributed by atoms with E-state index >= 15 is 0 Å². The topological polar surface area (TPSA) is 114 Å². The maximum Gasteiger partial charge on any atom is 0.411 e. The molecule has 2 unspecified atom stereocenters. The number of alkyl halides is 3. The number of pyridine rings is 2. The van der Waals surface area contributed by atoms with Crippen LogP contribution in [0.4, 0.5) is 24.7 Å². The van der Waals surface area contributed by atoms with E-state index in [0.29, 0.717) is 48.4 Å². The van der Waals surface area contributed by atoms with Gasteiger partial charge in [-0.2, -0.15) is 13.2 Å². The average Bonchev–Trinajstić information content (AvgIpc) is 3.93. The maximum absolute atomic E-state index is 14.2. The molecule has 262 valence electrons. The molecule has 10 nitrogen and oxygen atoms in total. The summed E-state index contributed by atoms with van der Waals surface area (Å²) in [7, 11) is 1.53. The van der Waals surface area contributed by atoms with Gasteiger partial charge in [-0.3, -0.25) is 14.5 Å². The fraction of sp³-hybridized carbons (Fsp3) is 0.444. The minimum Gasteiger partial charge on any atom is -0.497 e. The first kappa shape index (κ1) is 35.7. The number of ether oxygens (including phenoxy) is 3. The van der Waals surface area contributed by atoms with Crippen molar-refractivity contribution in [1.82, 2.24) is 9.97 Å². The van der Waals surface area contributed by atoms with Crippen LogP contribution in [-0.2, 0) is 9.53 Å². The van der Waals surface area contributed by atoms with Crippen LogP contribution in [0, 0.1) is 11.8 Å². The highest BCUT2D eigenvalue weighted by Gasteiger charge is 2.36. The molecule has 0 saturated heterocycles. The number of hydrogen-bond acceptors (Lipinski definition) is 8. The van der Waals surface area contributed by atoms with Crippen molar-refractivity contribution in [2.75, 3.05) is 43.2 Å². The Bertz CT molecular complexity index is 1630. The third kappa shape index (κ3) is 9.94. The van der Waals surface area contributed by atoms with Crippen molar-refractivity contribution in [3.05, 3.63) is 84.3 Å². The van der Waals surface area contributed by atoms with E-state index < -0.39 is 30.3 Å². The van der Waals surface area contributed by atoms with Crippen molar-refractivity contribution < 1.29 is 42.1 Å². The van der Waals surface area contributed by atoms with Crippen LogP contribution < -0.4 is 19.3 Å². The molecule has 1 fully saturated rings. The number of methoxy groups -OCH3 is 1. The van der Waals surface area contributed by atoms with E-state index in [0.717, 1.165) is 18.4 Å². The number of carbonyl (C=O) groups is 2. The number of benzene rings is 1. The summed E-state index contributed by atoms with van der Waals surface area (Å²) in [6.45, 7) is 2.26. The lowest BCUT2D eigenvalue weighted by molar-refractivity contribution is -0.198. The minimum atomic E-state index is -4.52. The summed E-state index contributed by atoms with van der Waals surface area (Å²) in [5.41, 5.74) is 0.446. The van der Waals surface area contributed by atoms with E-state index in [-0.39, 0.29) is 30.6 Å². The summed E-state index contributed by atoms with van der Waals surface area (Å²) >= 11 is 0. The predicted molar refractivity (Wildman–Crippen MR) is 177 cm³/mol. The summed E-state index contributed by atoms with van der Waals surface area (Å²) in [6, 6.07) is 13.7. The van der Waals surface area contributed by atoms with Crippen LogP contribution in [0.2, 0.25) is 0 Å². The van der Waals surface area contributed by atoms with Crippen LogP contribution in [-0.4, -0.2) is 72.1 Å². The van der Waals surface area contributed by atoms with Gasteiger partial charge in [-0.05, 0) is 80.8 Å². The molecule has 13 heteroatoms. The van der Waals surface area contributed by atoms with Crippen LogP contribution in [0.5, 0.6) is 11.6 Å². The second-order valence-electron chi connectivity index (χ2n) is 13.0. The minimum absolute atomic E-state index is 0.0429. The molecule has 3 heterocycles. The zero-order valence-corrected chi connectivity index (χ0v) is 27.7. The zero-order valence-electron chi connectivity index (χ0n) is 27.7. The van der Waals surface area contributed by atoms with E-state index in [4.69, 9.17) is 14.2 Å². The van der Waals surface area contributed by atoms with Gasteiger partial charge in [0.05, 0.1) is 43.5 Å². The first-order valence-corrected chi connectivity index (χ1v) is 16.2. The molecule has 0 spiro atoms. The van der Waals surface area contributed by atoms with Crippen molar-refractivity contribution in [2.45, 2.75) is 57.2 Å². The number of carboxylic acid groups (broad SMARTS) is 1. The molecule has 3 aromatic rings. The van der Waals surface area contributed by atoms with Crippen LogP contribution in [0.1, 0.15) is 61.4 Å². The number of carboxylic acids is 1. The quantitative estimate of drug-likeness (QED) is 0.183. The Morgan fingerprint density at radius 1 is 1.06 bits per heavy atom. The van der Waals surface area contributed by atoms with Crippen LogP contribution >= 0.6 is 0 Å². The number of amides is 1. The molecule has 1 aromatic carbocycles. The van der Waals surface area contributed by atoms with Crippen molar-refractivity contribution in [3.8, 4) is 11.6 Å². The van der Waals surface area contributed by atoms with Gasteiger partial charge in [-0.1, -0.05) is 12.1 Å². The van der Waals surface area contributed by atoms with Crippen molar-refractivity contribution >= 4 is 23.4 Å². The van der Waals surface area contributed by atoms with Gasteiger partial charge in [0.1, 0.15) is 18.2 Å². The molecule has 0 bridgehead atoms. The fourth-order valence-electron chi connectivity index (χ4n) is 5.89. The molecule has 1 aliphatic carbocycles. The van der Waals surface area contributed by atoms with Gasteiger partial charge in [0.2, 0.25) is 5.88 Å². The van der Waals surface area contributed by atoms with E-state index in [9.17, 15) is 27.9 Å².